The van der Waals surface area contributed by atoms with Crippen molar-refractivity contribution in [1.82, 2.24) is 19.7 Å². The fourth-order valence-electron chi connectivity index (χ4n) is 3.62. The molecule has 3 rings (SSSR count). The second-order valence-corrected chi connectivity index (χ2v) is 7.05. The van der Waals surface area contributed by atoms with Gasteiger partial charge in [0.15, 0.2) is 0 Å². The van der Waals surface area contributed by atoms with Gasteiger partial charge in [0.2, 0.25) is 5.82 Å². The lowest BCUT2D eigenvalue weighted by Crippen LogP contribution is -2.44. The minimum absolute atomic E-state index is 0.0205. The largest absolute Gasteiger partial charge is 0.481 e. The Labute approximate surface area is 163 Å². The van der Waals surface area contributed by atoms with Crippen molar-refractivity contribution in [3.05, 3.63) is 41.7 Å². The van der Waals surface area contributed by atoms with Gasteiger partial charge < -0.3 is 10.0 Å². The maximum atomic E-state index is 14.3. The lowest BCUT2D eigenvalue weighted by atomic mass is 9.98. The van der Waals surface area contributed by atoms with Gasteiger partial charge in [-0.05, 0) is 44.2 Å². The third kappa shape index (κ3) is 4.37. The predicted molar refractivity (Wildman–Crippen MR) is 101 cm³/mol. The van der Waals surface area contributed by atoms with Gasteiger partial charge in [-0.25, -0.2) is 14.1 Å². The first-order valence-corrected chi connectivity index (χ1v) is 9.74. The van der Waals surface area contributed by atoms with Crippen molar-refractivity contribution in [2.24, 2.45) is 0 Å². The second-order valence-electron chi connectivity index (χ2n) is 7.05. The number of piperidine rings is 1. The zero-order valence-corrected chi connectivity index (χ0v) is 16.0. The maximum absolute atomic E-state index is 14.3. The van der Waals surface area contributed by atoms with Crippen molar-refractivity contribution in [2.45, 2.75) is 57.9 Å². The number of hydrogen-bond donors (Lipinski definition) is 1. The second kappa shape index (κ2) is 8.95. The zero-order valence-electron chi connectivity index (χ0n) is 16.0. The summed E-state index contributed by atoms with van der Waals surface area (Å²) in [6.07, 6.45) is 4.39. The van der Waals surface area contributed by atoms with Crippen molar-refractivity contribution < 1.29 is 19.1 Å². The van der Waals surface area contributed by atoms with Crippen molar-refractivity contribution in [1.29, 1.82) is 0 Å². The van der Waals surface area contributed by atoms with Crippen molar-refractivity contribution in [3.8, 4) is 5.69 Å². The third-order valence-electron chi connectivity index (χ3n) is 5.00. The first-order valence-electron chi connectivity index (χ1n) is 9.74. The molecule has 1 atom stereocenters. The molecular formula is C20H25FN4O3. The van der Waals surface area contributed by atoms with Crippen molar-refractivity contribution in [3.63, 3.8) is 0 Å². The molecular weight excluding hydrogens is 363 g/mol. The average Bonchev–Trinajstić information content (AvgIpc) is 3.10. The number of rotatable bonds is 7. The number of hydrogen-bond acceptors (Lipinski definition) is 4. The summed E-state index contributed by atoms with van der Waals surface area (Å²) in [5.74, 6) is -1.04. The van der Waals surface area contributed by atoms with Crippen LogP contribution in [0.1, 0.15) is 61.9 Å². The van der Waals surface area contributed by atoms with Gasteiger partial charge >= 0.3 is 5.97 Å². The van der Waals surface area contributed by atoms with Crippen LogP contribution in [0.5, 0.6) is 0 Å². The maximum Gasteiger partial charge on any atom is 0.303 e. The van der Waals surface area contributed by atoms with Gasteiger partial charge in [-0.3, -0.25) is 9.59 Å². The summed E-state index contributed by atoms with van der Waals surface area (Å²) in [4.78, 5) is 30.1. The Balaban J connectivity index is 1.89. The molecule has 2 aromatic rings. The molecule has 8 heteroatoms. The van der Waals surface area contributed by atoms with Crippen LogP contribution in [0, 0.1) is 5.82 Å². The van der Waals surface area contributed by atoms with Gasteiger partial charge in [0.25, 0.3) is 5.91 Å². The summed E-state index contributed by atoms with van der Waals surface area (Å²) in [6.45, 7) is 2.54. The van der Waals surface area contributed by atoms with E-state index >= 15 is 0 Å². The summed E-state index contributed by atoms with van der Waals surface area (Å²) in [5.41, 5.74) is 0.263. The van der Waals surface area contributed by atoms with E-state index in [2.05, 4.69) is 10.1 Å². The van der Waals surface area contributed by atoms with Gasteiger partial charge in [-0.15, -0.1) is 5.10 Å². The van der Waals surface area contributed by atoms with Crippen LogP contribution in [0.15, 0.2) is 24.3 Å². The Kier molecular flexibility index (Phi) is 6.38. The summed E-state index contributed by atoms with van der Waals surface area (Å²) in [7, 11) is 0. The number of aromatic nitrogens is 3. The Morgan fingerprint density at radius 1 is 1.29 bits per heavy atom. The summed E-state index contributed by atoms with van der Waals surface area (Å²) < 4.78 is 15.7. The van der Waals surface area contributed by atoms with E-state index in [0.29, 0.717) is 25.2 Å². The van der Waals surface area contributed by atoms with Crippen LogP contribution in [-0.4, -0.2) is 49.2 Å². The van der Waals surface area contributed by atoms with E-state index in [1.807, 2.05) is 6.92 Å². The highest BCUT2D eigenvalue weighted by Crippen LogP contribution is 2.23. The van der Waals surface area contributed by atoms with E-state index in [-0.39, 0.29) is 29.9 Å². The SMILES string of the molecule is CCCc1nc(C(=O)N2CCCC[C@H]2CCC(=O)O)nn1-c1ccccc1F. The molecule has 7 nitrogen and oxygen atoms in total. The Hall–Kier alpha value is -2.77. The number of carboxylic acids is 1. The molecule has 0 aliphatic carbocycles. The highest BCUT2D eigenvalue weighted by Gasteiger charge is 2.31. The molecule has 0 unspecified atom stereocenters. The van der Waals surface area contributed by atoms with Gasteiger partial charge in [0, 0.05) is 25.4 Å². The van der Waals surface area contributed by atoms with E-state index in [0.717, 1.165) is 25.7 Å². The molecule has 0 spiro atoms. The first kappa shape index (κ1) is 20.0. The number of para-hydroxylation sites is 1. The molecule has 2 heterocycles. The lowest BCUT2D eigenvalue weighted by molar-refractivity contribution is -0.137. The number of aliphatic carboxylic acids is 1. The summed E-state index contributed by atoms with van der Waals surface area (Å²) in [5, 5.41) is 13.3. The van der Waals surface area contributed by atoms with Crippen LogP contribution in [0.2, 0.25) is 0 Å². The van der Waals surface area contributed by atoms with Crippen molar-refractivity contribution in [2.75, 3.05) is 6.54 Å². The number of likely N-dealkylation sites (tertiary alicyclic amines) is 1. The summed E-state index contributed by atoms with van der Waals surface area (Å²) >= 11 is 0. The number of carbonyl (C=O) groups excluding carboxylic acids is 1. The predicted octanol–water partition coefficient (Wildman–Crippen LogP) is 3.22. The van der Waals surface area contributed by atoms with Gasteiger partial charge in [0.05, 0.1) is 0 Å². The highest BCUT2D eigenvalue weighted by atomic mass is 19.1. The van der Waals surface area contributed by atoms with Crippen LogP contribution < -0.4 is 0 Å². The van der Waals surface area contributed by atoms with E-state index in [1.54, 1.807) is 23.1 Å². The molecule has 1 aliphatic rings. The molecule has 28 heavy (non-hydrogen) atoms. The van der Waals surface area contributed by atoms with Crippen LogP contribution >= 0.6 is 0 Å². The number of halogens is 1. The molecule has 1 aromatic heterocycles. The number of nitrogens with zero attached hydrogens (tertiary/aromatic N) is 4. The van der Waals surface area contributed by atoms with Gasteiger partial charge in [-0.1, -0.05) is 19.1 Å². The fraction of sp³-hybridized carbons (Fsp3) is 0.500. The van der Waals surface area contributed by atoms with Crippen molar-refractivity contribution >= 4 is 11.9 Å². The van der Waals surface area contributed by atoms with Crippen LogP contribution in [0.3, 0.4) is 0 Å². The number of carboxylic acid groups (broad SMARTS) is 1. The van der Waals surface area contributed by atoms with Gasteiger partial charge in [-0.2, -0.15) is 0 Å². The number of carbonyl (C=O) groups is 2. The molecule has 1 N–H and O–H groups in total. The molecule has 0 bridgehead atoms. The fourth-order valence-corrected chi connectivity index (χ4v) is 3.62. The Bertz CT molecular complexity index is 852. The molecule has 150 valence electrons. The summed E-state index contributed by atoms with van der Waals surface area (Å²) in [6, 6.07) is 6.13. The Morgan fingerprint density at radius 3 is 2.79 bits per heavy atom. The number of aryl methyl sites for hydroxylation is 1. The topological polar surface area (TPSA) is 88.3 Å². The van der Waals surface area contributed by atoms with E-state index in [1.165, 1.54) is 10.7 Å². The molecule has 0 radical (unpaired) electrons. The highest BCUT2D eigenvalue weighted by molar-refractivity contribution is 5.90. The molecule has 1 aromatic carbocycles. The molecule has 1 saturated heterocycles. The lowest BCUT2D eigenvalue weighted by Gasteiger charge is -2.34. The molecule has 0 saturated carbocycles. The third-order valence-corrected chi connectivity index (χ3v) is 5.00. The first-order chi connectivity index (χ1) is 13.5. The Morgan fingerprint density at radius 2 is 2.07 bits per heavy atom. The zero-order chi connectivity index (χ0) is 20.1. The van der Waals surface area contributed by atoms with Crippen LogP contribution in [-0.2, 0) is 11.2 Å². The molecule has 1 amide bonds. The standard InChI is InChI=1S/C20H25FN4O3/c1-2-7-17-22-19(23-25(17)16-10-4-3-9-15(16)21)20(28)24-13-6-5-8-14(24)11-12-18(26)27/h3-4,9-10,14H,2,5-8,11-13H2,1H3,(H,26,27)/t14-/m0/s1. The van der Waals surface area contributed by atoms with E-state index in [4.69, 9.17) is 5.11 Å². The van der Waals surface area contributed by atoms with E-state index in [9.17, 15) is 14.0 Å². The average molecular weight is 388 g/mol. The van der Waals surface area contributed by atoms with E-state index < -0.39 is 11.8 Å². The number of amides is 1. The molecule has 1 fully saturated rings. The minimum Gasteiger partial charge on any atom is -0.481 e. The minimum atomic E-state index is -0.870. The number of benzene rings is 1. The normalized spacial score (nSPS) is 16.9. The van der Waals surface area contributed by atoms with Crippen LogP contribution in [0.25, 0.3) is 5.69 Å². The van der Waals surface area contributed by atoms with Crippen LogP contribution in [0.4, 0.5) is 4.39 Å². The monoisotopic (exact) mass is 388 g/mol. The van der Waals surface area contributed by atoms with Gasteiger partial charge in [0.1, 0.15) is 17.3 Å². The quantitative estimate of drug-likeness (QED) is 0.787. The smallest absolute Gasteiger partial charge is 0.303 e. The molecule has 1 aliphatic heterocycles.